The number of hydrogen-bond acceptors (Lipinski definition) is 3. The van der Waals surface area contributed by atoms with Crippen LogP contribution in [0.2, 0.25) is 0 Å². The summed E-state index contributed by atoms with van der Waals surface area (Å²) in [5.74, 6) is 1.58. The zero-order chi connectivity index (χ0) is 14.5. The third-order valence-electron chi connectivity index (χ3n) is 4.71. The van der Waals surface area contributed by atoms with Crippen LogP contribution in [0.15, 0.2) is 24.3 Å². The van der Waals surface area contributed by atoms with Crippen molar-refractivity contribution in [2.75, 3.05) is 26.7 Å². The van der Waals surface area contributed by atoms with E-state index in [1.165, 1.54) is 17.5 Å². The molecule has 1 aliphatic heterocycles. The standard InChI is InChI=1S/C17H28N2O/c1-13-8-9-19(11-14(13)2)17(10-18)16-6-4-15(5-7-16)12-20-3/h4-7,13-14,17H,8-12,18H2,1-3H3. The van der Waals surface area contributed by atoms with E-state index in [1.807, 2.05) is 0 Å². The topological polar surface area (TPSA) is 38.5 Å². The molecule has 2 rings (SSSR count). The van der Waals surface area contributed by atoms with Crippen LogP contribution in [-0.2, 0) is 11.3 Å². The van der Waals surface area contributed by atoms with Crippen molar-refractivity contribution in [2.45, 2.75) is 32.9 Å². The Morgan fingerprint density at radius 1 is 1.25 bits per heavy atom. The minimum Gasteiger partial charge on any atom is -0.380 e. The molecule has 1 fully saturated rings. The first-order chi connectivity index (χ1) is 9.65. The van der Waals surface area contributed by atoms with Gasteiger partial charge in [0.25, 0.3) is 0 Å². The van der Waals surface area contributed by atoms with Crippen LogP contribution in [-0.4, -0.2) is 31.6 Å². The highest BCUT2D eigenvalue weighted by molar-refractivity contribution is 5.25. The SMILES string of the molecule is COCc1ccc(C(CN)N2CCC(C)C(C)C2)cc1. The van der Waals surface area contributed by atoms with Crippen molar-refractivity contribution in [1.82, 2.24) is 4.90 Å². The molecule has 0 saturated carbocycles. The smallest absolute Gasteiger partial charge is 0.0713 e. The Bertz CT molecular complexity index is 404. The van der Waals surface area contributed by atoms with Gasteiger partial charge in [-0.1, -0.05) is 38.1 Å². The predicted octanol–water partition coefficient (Wildman–Crippen LogP) is 2.81. The van der Waals surface area contributed by atoms with E-state index in [1.54, 1.807) is 7.11 Å². The third kappa shape index (κ3) is 3.60. The second-order valence-electron chi connectivity index (χ2n) is 6.16. The number of hydrogen-bond donors (Lipinski definition) is 1. The van der Waals surface area contributed by atoms with Crippen molar-refractivity contribution < 1.29 is 4.74 Å². The van der Waals surface area contributed by atoms with Gasteiger partial charge < -0.3 is 10.5 Å². The highest BCUT2D eigenvalue weighted by Gasteiger charge is 2.27. The van der Waals surface area contributed by atoms with Gasteiger partial charge in [0.1, 0.15) is 0 Å². The number of benzene rings is 1. The first-order valence-electron chi connectivity index (χ1n) is 7.67. The summed E-state index contributed by atoms with van der Waals surface area (Å²) in [5.41, 5.74) is 8.59. The summed E-state index contributed by atoms with van der Waals surface area (Å²) in [4.78, 5) is 2.55. The predicted molar refractivity (Wildman–Crippen MR) is 83.5 cm³/mol. The van der Waals surface area contributed by atoms with Gasteiger partial charge >= 0.3 is 0 Å². The third-order valence-corrected chi connectivity index (χ3v) is 4.71. The van der Waals surface area contributed by atoms with E-state index in [4.69, 9.17) is 10.5 Å². The highest BCUT2D eigenvalue weighted by Crippen LogP contribution is 2.29. The largest absolute Gasteiger partial charge is 0.380 e. The lowest BCUT2D eigenvalue weighted by Gasteiger charge is -2.40. The van der Waals surface area contributed by atoms with E-state index >= 15 is 0 Å². The molecule has 0 bridgehead atoms. The van der Waals surface area contributed by atoms with Crippen LogP contribution in [0.3, 0.4) is 0 Å². The number of rotatable bonds is 5. The lowest BCUT2D eigenvalue weighted by atomic mass is 9.87. The number of piperidine rings is 1. The second kappa shape index (κ2) is 7.21. The summed E-state index contributed by atoms with van der Waals surface area (Å²) in [6.07, 6.45) is 1.28. The summed E-state index contributed by atoms with van der Waals surface area (Å²) in [7, 11) is 1.73. The molecule has 0 aliphatic carbocycles. The maximum Gasteiger partial charge on any atom is 0.0713 e. The molecule has 0 spiro atoms. The van der Waals surface area contributed by atoms with Crippen LogP contribution >= 0.6 is 0 Å². The van der Waals surface area contributed by atoms with Gasteiger partial charge in [-0.05, 0) is 35.9 Å². The van der Waals surface area contributed by atoms with Crippen LogP contribution in [0.1, 0.15) is 37.4 Å². The van der Waals surface area contributed by atoms with Crippen molar-refractivity contribution in [3.63, 3.8) is 0 Å². The maximum absolute atomic E-state index is 6.05. The second-order valence-corrected chi connectivity index (χ2v) is 6.16. The molecule has 3 atom stereocenters. The first kappa shape index (κ1) is 15.5. The Labute approximate surface area is 123 Å². The maximum atomic E-state index is 6.05. The van der Waals surface area contributed by atoms with Crippen molar-refractivity contribution in [3.05, 3.63) is 35.4 Å². The van der Waals surface area contributed by atoms with Gasteiger partial charge in [0.15, 0.2) is 0 Å². The molecule has 1 aliphatic rings. The lowest BCUT2D eigenvalue weighted by Crippen LogP contribution is -2.43. The summed E-state index contributed by atoms with van der Waals surface area (Å²) in [6, 6.07) is 9.06. The molecule has 3 unspecified atom stereocenters. The Kier molecular flexibility index (Phi) is 5.58. The number of nitrogens with two attached hydrogens (primary N) is 1. The van der Waals surface area contributed by atoms with Gasteiger partial charge in [-0.15, -0.1) is 0 Å². The van der Waals surface area contributed by atoms with Gasteiger partial charge in [0.2, 0.25) is 0 Å². The quantitative estimate of drug-likeness (QED) is 0.898. The number of ether oxygens (including phenoxy) is 1. The molecular weight excluding hydrogens is 248 g/mol. The average Bonchev–Trinajstić information content (AvgIpc) is 2.46. The fraction of sp³-hybridized carbons (Fsp3) is 0.647. The zero-order valence-corrected chi connectivity index (χ0v) is 13.0. The normalized spacial score (nSPS) is 25.6. The summed E-state index contributed by atoms with van der Waals surface area (Å²) in [6.45, 7) is 8.39. The van der Waals surface area contributed by atoms with Gasteiger partial charge in [0, 0.05) is 26.2 Å². The number of methoxy groups -OCH3 is 1. The van der Waals surface area contributed by atoms with Gasteiger partial charge in [-0.3, -0.25) is 4.90 Å². The monoisotopic (exact) mass is 276 g/mol. The average molecular weight is 276 g/mol. The molecule has 112 valence electrons. The Hall–Kier alpha value is -0.900. The minimum absolute atomic E-state index is 0.349. The Balaban J connectivity index is 2.07. The van der Waals surface area contributed by atoms with E-state index < -0.39 is 0 Å². The molecule has 3 heteroatoms. The number of likely N-dealkylation sites (tertiary alicyclic amines) is 1. The van der Waals surface area contributed by atoms with E-state index in [2.05, 4.69) is 43.0 Å². The first-order valence-corrected chi connectivity index (χ1v) is 7.67. The van der Waals surface area contributed by atoms with Crippen molar-refractivity contribution >= 4 is 0 Å². The van der Waals surface area contributed by atoms with E-state index in [-0.39, 0.29) is 0 Å². The molecule has 1 heterocycles. The molecule has 20 heavy (non-hydrogen) atoms. The highest BCUT2D eigenvalue weighted by atomic mass is 16.5. The van der Waals surface area contributed by atoms with Gasteiger partial charge in [-0.2, -0.15) is 0 Å². The molecule has 3 nitrogen and oxygen atoms in total. The molecule has 1 aromatic rings. The molecule has 2 N–H and O–H groups in total. The zero-order valence-electron chi connectivity index (χ0n) is 13.0. The molecule has 1 aromatic carbocycles. The van der Waals surface area contributed by atoms with Crippen molar-refractivity contribution in [1.29, 1.82) is 0 Å². The van der Waals surface area contributed by atoms with Crippen molar-refractivity contribution in [3.8, 4) is 0 Å². The van der Waals surface area contributed by atoms with Crippen LogP contribution in [0.5, 0.6) is 0 Å². The van der Waals surface area contributed by atoms with Crippen LogP contribution in [0.4, 0.5) is 0 Å². The molecule has 0 radical (unpaired) electrons. The van der Waals surface area contributed by atoms with Gasteiger partial charge in [0.05, 0.1) is 6.61 Å². The number of nitrogens with zero attached hydrogens (tertiary/aromatic N) is 1. The summed E-state index contributed by atoms with van der Waals surface area (Å²) >= 11 is 0. The Morgan fingerprint density at radius 2 is 1.95 bits per heavy atom. The van der Waals surface area contributed by atoms with Crippen LogP contribution in [0, 0.1) is 11.8 Å². The van der Waals surface area contributed by atoms with Crippen LogP contribution < -0.4 is 5.73 Å². The minimum atomic E-state index is 0.349. The van der Waals surface area contributed by atoms with Gasteiger partial charge in [-0.25, -0.2) is 0 Å². The molecule has 0 amide bonds. The van der Waals surface area contributed by atoms with Crippen molar-refractivity contribution in [2.24, 2.45) is 17.6 Å². The molecule has 0 aromatic heterocycles. The fourth-order valence-corrected chi connectivity index (χ4v) is 3.08. The molecular formula is C17H28N2O. The van der Waals surface area contributed by atoms with Crippen LogP contribution in [0.25, 0.3) is 0 Å². The van der Waals surface area contributed by atoms with E-state index in [0.29, 0.717) is 19.2 Å². The summed E-state index contributed by atoms with van der Waals surface area (Å²) < 4.78 is 5.16. The van der Waals surface area contributed by atoms with E-state index in [0.717, 1.165) is 24.9 Å². The van der Waals surface area contributed by atoms with E-state index in [9.17, 15) is 0 Å². The lowest BCUT2D eigenvalue weighted by molar-refractivity contribution is 0.0983. The fourth-order valence-electron chi connectivity index (χ4n) is 3.08. The molecule has 1 saturated heterocycles. The summed E-state index contributed by atoms with van der Waals surface area (Å²) in [5, 5.41) is 0. The Morgan fingerprint density at radius 3 is 2.50 bits per heavy atom.